The van der Waals surface area contributed by atoms with Gasteiger partial charge in [-0.05, 0) is 58.2 Å². The lowest BCUT2D eigenvalue weighted by Crippen LogP contribution is -2.04. The van der Waals surface area contributed by atoms with Gasteiger partial charge in [0.1, 0.15) is 0 Å². The highest BCUT2D eigenvalue weighted by molar-refractivity contribution is 7.26. The van der Waals surface area contributed by atoms with Gasteiger partial charge in [-0.1, -0.05) is 145 Å². The molecule has 4 nitrogen and oxygen atoms in total. The Kier molecular flexibility index (Phi) is 5.22. The van der Waals surface area contributed by atoms with Crippen molar-refractivity contribution in [1.29, 1.82) is 0 Å². The molecule has 0 amide bonds. The molecule has 0 aliphatic carbocycles. The first-order valence-electron chi connectivity index (χ1n) is 21.9. The van der Waals surface area contributed by atoms with Gasteiger partial charge in [0.2, 0.25) is 0 Å². The molecule has 0 fully saturated rings. The minimum Gasteiger partial charge on any atom is -0.308 e. The number of nitrogens with zero attached hydrogens (tertiary/aromatic N) is 4. The average molecular weight is 716 g/mol. The van der Waals surface area contributed by atoms with E-state index < -0.39 is 24.2 Å². The third kappa shape index (κ3) is 4.94. The number of fused-ring (bicyclic) bond motifs is 7. The lowest BCUT2D eigenvalue weighted by molar-refractivity contribution is 1.06. The Hall–Kier alpha value is -6.95. The summed E-state index contributed by atoms with van der Waals surface area (Å²) in [7, 11) is 0. The summed E-state index contributed by atoms with van der Waals surface area (Å²) >= 11 is 1.69. The van der Waals surface area contributed by atoms with Crippen LogP contribution in [0.1, 0.15) is 12.3 Å². The van der Waals surface area contributed by atoms with Crippen LogP contribution in [0.15, 0.2) is 182 Å². The molecule has 3 heterocycles. The largest absolute Gasteiger partial charge is 0.308 e. The average Bonchev–Trinajstić information content (AvgIpc) is 3.89. The Morgan fingerprint density at radius 3 is 1.93 bits per heavy atom. The number of aromatic nitrogens is 4. The Morgan fingerprint density at radius 1 is 0.463 bits per heavy atom. The van der Waals surface area contributed by atoms with Crippen LogP contribution in [0.3, 0.4) is 0 Å². The van der Waals surface area contributed by atoms with Gasteiger partial charge in [0.05, 0.1) is 29.1 Å². The first kappa shape index (κ1) is 22.9. The second-order valence-electron chi connectivity index (χ2n) is 12.9. The van der Waals surface area contributed by atoms with Crippen molar-refractivity contribution < 1.29 is 12.3 Å². The van der Waals surface area contributed by atoms with E-state index >= 15 is 0 Å². The Bertz CT molecular complexity index is 3680. The normalized spacial score (nSPS) is 14.0. The predicted octanol–water partition coefficient (Wildman–Crippen LogP) is 13.2. The van der Waals surface area contributed by atoms with E-state index in [2.05, 4.69) is 24.3 Å². The maximum atomic E-state index is 9.78. The van der Waals surface area contributed by atoms with E-state index in [1.807, 2.05) is 97.1 Å². The first-order valence-corrected chi connectivity index (χ1v) is 18.2. The summed E-state index contributed by atoms with van der Waals surface area (Å²) in [5.41, 5.74) is 4.27. The zero-order valence-electron chi connectivity index (χ0n) is 37.3. The van der Waals surface area contributed by atoms with E-state index in [1.54, 1.807) is 15.9 Å². The van der Waals surface area contributed by atoms with E-state index in [-0.39, 0.29) is 68.6 Å². The fraction of sp³-hybridized carbons (Fsp3) is 0. The molecule has 0 spiro atoms. The van der Waals surface area contributed by atoms with Gasteiger partial charge in [-0.15, -0.1) is 11.3 Å². The zero-order valence-corrected chi connectivity index (χ0v) is 29.1. The minimum atomic E-state index is -0.554. The summed E-state index contributed by atoms with van der Waals surface area (Å²) in [5, 5.41) is 1.97. The second kappa shape index (κ2) is 12.3. The molecule has 3 aromatic heterocycles. The van der Waals surface area contributed by atoms with Crippen LogP contribution >= 0.6 is 11.3 Å². The highest BCUT2D eigenvalue weighted by Gasteiger charge is 2.21. The molecule has 54 heavy (non-hydrogen) atoms. The Labute approximate surface area is 327 Å². The van der Waals surface area contributed by atoms with Crippen LogP contribution in [-0.2, 0) is 0 Å². The highest BCUT2D eigenvalue weighted by atomic mass is 32.1. The molecular formula is C49H30N4S. The van der Waals surface area contributed by atoms with Gasteiger partial charge < -0.3 is 4.57 Å². The van der Waals surface area contributed by atoms with Crippen molar-refractivity contribution in [1.82, 2.24) is 19.5 Å². The van der Waals surface area contributed by atoms with Gasteiger partial charge >= 0.3 is 0 Å². The summed E-state index contributed by atoms with van der Waals surface area (Å²) in [5.74, 6) is 1.05. The molecule has 5 heteroatoms. The molecule has 0 unspecified atom stereocenters. The standard InChI is InChI=1S/C49H30N4S/c1-3-14-31(15-4-1)47-50-48(32-16-5-2-6-17-32)52-49(51-47)41-29-35(36-22-13-23-39-38-21-10-12-25-45(38)54-46(36)39)26-27-43(41)53-42-24-11-9-20-37(42)40-28-33-18-7-8-19-34(33)30-44(40)53/h1-30H/i7D,8D,9D,18D,19D,20D,24D,28D,30D. The number of benzene rings is 8. The van der Waals surface area contributed by atoms with Crippen molar-refractivity contribution >= 4 is 64.1 Å². The summed E-state index contributed by atoms with van der Waals surface area (Å²) in [6, 6.07) is 37.1. The maximum Gasteiger partial charge on any atom is 0.166 e. The van der Waals surface area contributed by atoms with Crippen molar-refractivity contribution in [3.63, 3.8) is 0 Å². The first-order chi connectivity index (χ1) is 30.5. The van der Waals surface area contributed by atoms with Gasteiger partial charge in [-0.2, -0.15) is 0 Å². The topological polar surface area (TPSA) is 43.6 Å². The maximum absolute atomic E-state index is 9.78. The van der Waals surface area contributed by atoms with Gasteiger partial charge in [0, 0.05) is 47.6 Å². The van der Waals surface area contributed by atoms with Crippen LogP contribution in [0.25, 0.3) is 104 Å². The SMILES string of the molecule is [2H]c1cc([2H])c2c(c1[2H])c1c([2H])c3c([2H])c([2H])c([2H])c([2H])c3c([2H])c1n2-c1ccc(-c2cccc3c2sc2ccccc23)cc1-c1nc(-c2ccccc2)nc(-c2ccccc2)n1. The van der Waals surface area contributed by atoms with Gasteiger partial charge in [-0.3, -0.25) is 0 Å². The number of thiophene rings is 1. The fourth-order valence-electron chi connectivity index (χ4n) is 7.25. The van der Waals surface area contributed by atoms with Gasteiger partial charge in [0.25, 0.3) is 0 Å². The molecule has 0 bridgehead atoms. The molecule has 11 aromatic rings. The van der Waals surface area contributed by atoms with Crippen molar-refractivity contribution in [3.8, 4) is 51.0 Å². The minimum absolute atomic E-state index is 0.0239. The van der Waals surface area contributed by atoms with E-state index in [0.29, 0.717) is 22.9 Å². The summed E-state index contributed by atoms with van der Waals surface area (Å²) in [4.78, 5) is 15.2. The van der Waals surface area contributed by atoms with Crippen LogP contribution in [0.4, 0.5) is 0 Å². The Morgan fingerprint density at radius 2 is 1.15 bits per heavy atom. The predicted molar refractivity (Wildman–Crippen MR) is 226 cm³/mol. The quantitative estimate of drug-likeness (QED) is 0.178. The molecule has 11 rings (SSSR count). The van der Waals surface area contributed by atoms with Crippen LogP contribution in [-0.4, -0.2) is 19.5 Å². The molecule has 8 aromatic carbocycles. The molecule has 0 N–H and O–H groups in total. The number of hydrogen-bond acceptors (Lipinski definition) is 4. The highest BCUT2D eigenvalue weighted by Crippen LogP contribution is 2.43. The molecule has 0 radical (unpaired) electrons. The summed E-state index contributed by atoms with van der Waals surface area (Å²) < 4.78 is 85.2. The van der Waals surface area contributed by atoms with Crippen molar-refractivity contribution in [2.45, 2.75) is 0 Å². The van der Waals surface area contributed by atoms with Crippen molar-refractivity contribution in [2.75, 3.05) is 0 Å². The molecule has 0 saturated carbocycles. The van der Waals surface area contributed by atoms with Crippen molar-refractivity contribution in [3.05, 3.63) is 182 Å². The smallest absolute Gasteiger partial charge is 0.166 e. The number of hydrogen-bond donors (Lipinski definition) is 0. The third-order valence-corrected chi connectivity index (χ3v) is 10.9. The fourth-order valence-corrected chi connectivity index (χ4v) is 8.49. The van der Waals surface area contributed by atoms with Crippen LogP contribution in [0.2, 0.25) is 0 Å². The van der Waals surface area contributed by atoms with Crippen LogP contribution < -0.4 is 0 Å². The lowest BCUT2D eigenvalue weighted by atomic mass is 9.99. The number of para-hydroxylation sites is 1. The van der Waals surface area contributed by atoms with E-state index in [9.17, 15) is 5.48 Å². The molecule has 0 saturated heterocycles. The molecule has 0 aliphatic heterocycles. The van der Waals surface area contributed by atoms with Crippen LogP contribution in [0, 0.1) is 0 Å². The van der Waals surface area contributed by atoms with Gasteiger partial charge in [-0.25, -0.2) is 15.0 Å². The van der Waals surface area contributed by atoms with E-state index in [0.717, 1.165) is 42.4 Å². The summed E-state index contributed by atoms with van der Waals surface area (Å²) in [6.45, 7) is 0. The van der Waals surface area contributed by atoms with Crippen LogP contribution in [0.5, 0.6) is 0 Å². The second-order valence-corrected chi connectivity index (χ2v) is 13.9. The lowest BCUT2D eigenvalue weighted by Gasteiger charge is -2.17. The van der Waals surface area contributed by atoms with E-state index in [4.69, 9.17) is 21.8 Å². The third-order valence-electron chi connectivity index (χ3n) is 9.72. The Balaban J connectivity index is 1.32. The number of rotatable bonds is 5. The molecule has 0 atom stereocenters. The molecule has 252 valence electrons. The van der Waals surface area contributed by atoms with Crippen molar-refractivity contribution in [2.24, 2.45) is 0 Å². The molecular weight excluding hydrogens is 677 g/mol. The molecule has 0 aliphatic rings. The van der Waals surface area contributed by atoms with E-state index in [1.165, 1.54) is 6.07 Å². The summed E-state index contributed by atoms with van der Waals surface area (Å²) in [6.07, 6.45) is 0. The van der Waals surface area contributed by atoms with Gasteiger partial charge in [0.15, 0.2) is 17.5 Å². The monoisotopic (exact) mass is 715 g/mol. The zero-order chi connectivity index (χ0) is 43.4.